The second-order valence-electron chi connectivity index (χ2n) is 8.29. The summed E-state index contributed by atoms with van der Waals surface area (Å²) in [5.41, 5.74) is 2.39. The average molecular weight is 507 g/mol. The molecule has 5 rings (SSSR count). The van der Waals surface area contributed by atoms with Crippen LogP contribution in [0.2, 0.25) is 0 Å². The lowest BCUT2D eigenvalue weighted by molar-refractivity contribution is 0.102. The van der Waals surface area contributed by atoms with Crippen molar-refractivity contribution in [3.63, 3.8) is 0 Å². The maximum atomic E-state index is 13.8. The highest BCUT2D eigenvalue weighted by atomic mass is 32.2. The van der Waals surface area contributed by atoms with E-state index in [0.717, 1.165) is 47.2 Å². The van der Waals surface area contributed by atoms with E-state index in [9.17, 15) is 9.59 Å². The van der Waals surface area contributed by atoms with E-state index in [-0.39, 0.29) is 17.1 Å². The fourth-order valence-corrected chi connectivity index (χ4v) is 6.57. The molecule has 0 saturated heterocycles. The highest BCUT2D eigenvalue weighted by Gasteiger charge is 2.23. The standard InChI is InChI=1S/C27H26N2O4S2/c1-3-33-20-12-8-17(9-13-20)22(30)16-34-27-28-25-24(21-6-4-5-7-23(21)35-25)26(31)29(27)18-10-14-19(32-2)15-11-18/h8-15H,3-7,16H2,1-2H3. The van der Waals surface area contributed by atoms with Gasteiger partial charge in [-0.2, -0.15) is 0 Å². The van der Waals surface area contributed by atoms with Gasteiger partial charge in [0.2, 0.25) is 0 Å². The number of aromatic nitrogens is 2. The first-order valence-electron chi connectivity index (χ1n) is 11.7. The van der Waals surface area contributed by atoms with Gasteiger partial charge in [-0.25, -0.2) is 4.98 Å². The van der Waals surface area contributed by atoms with E-state index >= 15 is 0 Å². The molecule has 4 aromatic rings. The zero-order valence-electron chi connectivity index (χ0n) is 19.7. The van der Waals surface area contributed by atoms with Crippen LogP contribution in [0, 0.1) is 0 Å². The molecule has 1 aliphatic carbocycles. The summed E-state index contributed by atoms with van der Waals surface area (Å²) in [4.78, 5) is 33.7. The average Bonchev–Trinajstić information content (AvgIpc) is 3.27. The summed E-state index contributed by atoms with van der Waals surface area (Å²) < 4.78 is 12.4. The SMILES string of the molecule is CCOc1ccc(C(=O)CSc2nc3sc4c(c3c(=O)n2-c2ccc(OC)cc2)CCCC4)cc1. The Hall–Kier alpha value is -3.10. The van der Waals surface area contributed by atoms with Gasteiger partial charge in [0.05, 0.1) is 30.5 Å². The summed E-state index contributed by atoms with van der Waals surface area (Å²) in [7, 11) is 1.61. The number of thiophene rings is 1. The number of Topliss-reactive ketones (excluding diaryl/α,β-unsaturated/α-hetero) is 1. The monoisotopic (exact) mass is 506 g/mol. The minimum atomic E-state index is -0.0735. The molecule has 0 radical (unpaired) electrons. The summed E-state index contributed by atoms with van der Waals surface area (Å²) in [6.07, 6.45) is 4.15. The van der Waals surface area contributed by atoms with Crippen molar-refractivity contribution in [2.24, 2.45) is 0 Å². The van der Waals surface area contributed by atoms with Crippen LogP contribution in [0.25, 0.3) is 15.9 Å². The Bertz CT molecular complexity index is 1420. The van der Waals surface area contributed by atoms with Crippen LogP contribution in [0.4, 0.5) is 0 Å². The first kappa shape index (κ1) is 23.6. The van der Waals surface area contributed by atoms with Crippen LogP contribution in [0.15, 0.2) is 58.5 Å². The number of nitrogens with zero attached hydrogens (tertiary/aromatic N) is 2. The van der Waals surface area contributed by atoms with Gasteiger partial charge in [-0.05, 0) is 86.7 Å². The summed E-state index contributed by atoms with van der Waals surface area (Å²) in [6.45, 7) is 2.50. The van der Waals surface area contributed by atoms with Gasteiger partial charge in [0, 0.05) is 10.4 Å². The zero-order chi connectivity index (χ0) is 24.4. The molecule has 0 unspecified atom stereocenters. The number of carbonyl (C=O) groups excluding carboxylic acids is 1. The van der Waals surface area contributed by atoms with Gasteiger partial charge in [-0.1, -0.05) is 11.8 Å². The number of thioether (sulfide) groups is 1. The molecule has 6 nitrogen and oxygen atoms in total. The Morgan fingerprint density at radius 3 is 2.49 bits per heavy atom. The molecular formula is C27H26N2O4S2. The second kappa shape index (κ2) is 10.3. The van der Waals surface area contributed by atoms with Crippen LogP contribution >= 0.6 is 23.1 Å². The van der Waals surface area contributed by atoms with Crippen LogP contribution in [-0.4, -0.2) is 34.8 Å². The molecule has 0 N–H and O–H groups in total. The Kier molecular flexibility index (Phi) is 6.92. The lowest BCUT2D eigenvalue weighted by Gasteiger charge is -2.14. The fraction of sp³-hybridized carbons (Fsp3) is 0.296. The molecular weight excluding hydrogens is 480 g/mol. The zero-order valence-corrected chi connectivity index (χ0v) is 21.3. The first-order valence-corrected chi connectivity index (χ1v) is 13.5. The Labute approximate surface area is 211 Å². The number of hydrogen-bond donors (Lipinski definition) is 0. The molecule has 180 valence electrons. The summed E-state index contributed by atoms with van der Waals surface area (Å²) in [5, 5.41) is 1.24. The van der Waals surface area contributed by atoms with Gasteiger partial charge < -0.3 is 9.47 Å². The van der Waals surface area contributed by atoms with Crippen molar-refractivity contribution < 1.29 is 14.3 Å². The fourth-order valence-electron chi connectivity index (χ4n) is 4.36. The molecule has 1 aliphatic rings. The number of ether oxygens (including phenoxy) is 2. The number of methoxy groups -OCH3 is 1. The number of ketones is 1. The molecule has 0 bridgehead atoms. The van der Waals surface area contributed by atoms with Gasteiger partial charge in [0.15, 0.2) is 10.9 Å². The molecule has 0 fully saturated rings. The van der Waals surface area contributed by atoms with Crippen molar-refractivity contribution in [1.82, 2.24) is 9.55 Å². The Morgan fingerprint density at radius 2 is 1.77 bits per heavy atom. The summed E-state index contributed by atoms with van der Waals surface area (Å²) >= 11 is 2.91. The number of fused-ring (bicyclic) bond motifs is 3. The van der Waals surface area contributed by atoms with E-state index in [4.69, 9.17) is 14.5 Å². The van der Waals surface area contributed by atoms with E-state index in [0.29, 0.717) is 28.8 Å². The Morgan fingerprint density at radius 1 is 1.06 bits per heavy atom. The maximum Gasteiger partial charge on any atom is 0.267 e. The predicted octanol–water partition coefficient (Wildman–Crippen LogP) is 5.71. The van der Waals surface area contributed by atoms with Crippen molar-refractivity contribution in [2.45, 2.75) is 37.8 Å². The highest BCUT2D eigenvalue weighted by Crippen LogP contribution is 2.35. The largest absolute Gasteiger partial charge is 0.497 e. The molecule has 2 heterocycles. The highest BCUT2D eigenvalue weighted by molar-refractivity contribution is 7.99. The van der Waals surface area contributed by atoms with Crippen LogP contribution in [0.5, 0.6) is 11.5 Å². The quantitative estimate of drug-likeness (QED) is 0.173. The third kappa shape index (κ3) is 4.73. The number of aryl methyl sites for hydroxylation is 2. The molecule has 8 heteroatoms. The van der Waals surface area contributed by atoms with Gasteiger partial charge in [-0.3, -0.25) is 14.2 Å². The molecule has 2 aromatic carbocycles. The Balaban J connectivity index is 1.52. The minimum absolute atomic E-state index is 0.0286. The minimum Gasteiger partial charge on any atom is -0.497 e. The molecule has 0 spiro atoms. The number of carbonyl (C=O) groups is 1. The van der Waals surface area contributed by atoms with Gasteiger partial charge >= 0.3 is 0 Å². The molecule has 35 heavy (non-hydrogen) atoms. The third-order valence-corrected chi connectivity index (χ3v) is 8.23. The van der Waals surface area contributed by atoms with Gasteiger partial charge in [-0.15, -0.1) is 11.3 Å². The van der Waals surface area contributed by atoms with Crippen molar-refractivity contribution in [3.05, 3.63) is 74.9 Å². The summed E-state index contributed by atoms with van der Waals surface area (Å²) in [5.74, 6) is 1.59. The van der Waals surface area contributed by atoms with E-state index < -0.39 is 0 Å². The van der Waals surface area contributed by atoms with Crippen LogP contribution in [0.3, 0.4) is 0 Å². The topological polar surface area (TPSA) is 70.4 Å². The third-order valence-electron chi connectivity index (χ3n) is 6.11. The molecule has 0 atom stereocenters. The molecule has 2 aromatic heterocycles. The van der Waals surface area contributed by atoms with Crippen molar-refractivity contribution >= 4 is 39.1 Å². The number of benzene rings is 2. The number of rotatable bonds is 8. The van der Waals surface area contributed by atoms with Crippen LogP contribution < -0.4 is 15.0 Å². The van der Waals surface area contributed by atoms with E-state index in [1.54, 1.807) is 47.3 Å². The van der Waals surface area contributed by atoms with E-state index in [1.165, 1.54) is 16.6 Å². The van der Waals surface area contributed by atoms with E-state index in [2.05, 4.69) is 0 Å². The van der Waals surface area contributed by atoms with Gasteiger partial charge in [0.1, 0.15) is 16.3 Å². The van der Waals surface area contributed by atoms with Crippen LogP contribution in [0.1, 0.15) is 40.6 Å². The normalized spacial score (nSPS) is 13.0. The molecule has 0 amide bonds. The molecule has 0 aliphatic heterocycles. The smallest absolute Gasteiger partial charge is 0.267 e. The van der Waals surface area contributed by atoms with Crippen molar-refractivity contribution in [2.75, 3.05) is 19.5 Å². The predicted molar refractivity (Wildman–Crippen MR) is 141 cm³/mol. The van der Waals surface area contributed by atoms with Crippen molar-refractivity contribution in [3.8, 4) is 17.2 Å². The van der Waals surface area contributed by atoms with Crippen molar-refractivity contribution in [1.29, 1.82) is 0 Å². The lowest BCUT2D eigenvalue weighted by Crippen LogP contribution is -2.22. The van der Waals surface area contributed by atoms with E-state index in [1.807, 2.05) is 31.2 Å². The first-order chi connectivity index (χ1) is 17.1. The number of hydrogen-bond acceptors (Lipinski definition) is 7. The maximum absolute atomic E-state index is 13.8. The lowest BCUT2D eigenvalue weighted by atomic mass is 9.97. The van der Waals surface area contributed by atoms with Crippen LogP contribution in [-0.2, 0) is 12.8 Å². The summed E-state index contributed by atoms with van der Waals surface area (Å²) in [6, 6.07) is 14.5. The molecule has 0 saturated carbocycles. The second-order valence-corrected chi connectivity index (χ2v) is 10.3. The van der Waals surface area contributed by atoms with Gasteiger partial charge in [0.25, 0.3) is 5.56 Å².